The lowest BCUT2D eigenvalue weighted by molar-refractivity contribution is 0.341. The Morgan fingerprint density at radius 3 is 2.62 bits per heavy atom. The number of nitrogens with one attached hydrogen (secondary N) is 1. The average Bonchev–Trinajstić information content (AvgIpc) is 2.25. The van der Waals surface area contributed by atoms with Gasteiger partial charge in [-0.1, -0.05) is 11.6 Å². The van der Waals surface area contributed by atoms with E-state index in [-0.39, 0.29) is 6.04 Å². The van der Waals surface area contributed by atoms with E-state index in [1.54, 1.807) is 7.11 Å². The van der Waals surface area contributed by atoms with E-state index in [2.05, 4.69) is 10.2 Å². The molecule has 0 aromatic heterocycles. The third-order valence-electron chi connectivity index (χ3n) is 2.46. The van der Waals surface area contributed by atoms with Gasteiger partial charge in [-0.05, 0) is 39.3 Å². The van der Waals surface area contributed by atoms with Gasteiger partial charge in [0.2, 0.25) is 0 Å². The third-order valence-corrected chi connectivity index (χ3v) is 2.70. The summed E-state index contributed by atoms with van der Waals surface area (Å²) in [6.45, 7) is 0.896. The molecule has 0 spiro atoms. The minimum absolute atomic E-state index is 0.212. The largest absolute Gasteiger partial charge is 0.496 e. The first-order valence-corrected chi connectivity index (χ1v) is 5.61. The lowest BCUT2D eigenvalue weighted by Crippen LogP contribution is -2.29. The maximum absolute atomic E-state index is 6.01. The van der Waals surface area contributed by atoms with E-state index < -0.39 is 0 Å². The Hall–Kier alpha value is -0.770. The highest BCUT2D eigenvalue weighted by Gasteiger charge is 2.15. The van der Waals surface area contributed by atoms with Gasteiger partial charge in [0, 0.05) is 23.2 Å². The molecule has 1 atom stereocenters. The van der Waals surface area contributed by atoms with E-state index >= 15 is 0 Å². The zero-order valence-electron chi connectivity index (χ0n) is 10.2. The number of hydrogen-bond acceptors (Lipinski definition) is 3. The molecule has 0 aliphatic heterocycles. The number of likely N-dealkylation sites (N-methyl/N-ethyl adjacent to an activating group) is 2. The summed E-state index contributed by atoms with van der Waals surface area (Å²) in [6.07, 6.45) is 0. The highest BCUT2D eigenvalue weighted by molar-refractivity contribution is 6.30. The molecule has 3 nitrogen and oxygen atoms in total. The summed E-state index contributed by atoms with van der Waals surface area (Å²) in [7, 11) is 7.70. The second-order valence-corrected chi connectivity index (χ2v) is 4.43. The van der Waals surface area contributed by atoms with Crippen LogP contribution >= 0.6 is 11.6 Å². The molecule has 0 radical (unpaired) electrons. The molecule has 0 saturated carbocycles. The van der Waals surface area contributed by atoms with Crippen LogP contribution in [0.1, 0.15) is 11.6 Å². The Bertz CT molecular complexity index is 342. The van der Waals surface area contributed by atoms with Crippen molar-refractivity contribution >= 4 is 11.6 Å². The van der Waals surface area contributed by atoms with Crippen LogP contribution in [-0.2, 0) is 0 Å². The zero-order chi connectivity index (χ0) is 12.1. The Morgan fingerprint density at radius 2 is 2.12 bits per heavy atom. The molecular formula is C12H19ClN2O. The van der Waals surface area contributed by atoms with Crippen molar-refractivity contribution in [2.24, 2.45) is 0 Å². The van der Waals surface area contributed by atoms with Gasteiger partial charge >= 0.3 is 0 Å². The molecule has 0 aliphatic carbocycles. The second kappa shape index (κ2) is 6.09. The van der Waals surface area contributed by atoms with Gasteiger partial charge in [-0.2, -0.15) is 0 Å². The van der Waals surface area contributed by atoms with Crippen LogP contribution in [0.25, 0.3) is 0 Å². The van der Waals surface area contributed by atoms with Crippen molar-refractivity contribution in [3.8, 4) is 5.75 Å². The van der Waals surface area contributed by atoms with Gasteiger partial charge in [0.15, 0.2) is 0 Å². The van der Waals surface area contributed by atoms with Crippen molar-refractivity contribution in [2.75, 3.05) is 34.8 Å². The quantitative estimate of drug-likeness (QED) is 0.857. The lowest BCUT2D eigenvalue weighted by Gasteiger charge is -2.22. The first-order valence-electron chi connectivity index (χ1n) is 5.24. The molecule has 1 aromatic carbocycles. The molecule has 4 heteroatoms. The number of methoxy groups -OCH3 is 1. The number of benzene rings is 1. The van der Waals surface area contributed by atoms with Gasteiger partial charge in [-0.3, -0.25) is 0 Å². The van der Waals surface area contributed by atoms with E-state index in [0.717, 1.165) is 22.9 Å². The molecule has 1 unspecified atom stereocenters. The van der Waals surface area contributed by atoms with Crippen molar-refractivity contribution in [3.63, 3.8) is 0 Å². The normalized spacial score (nSPS) is 12.9. The molecule has 0 saturated heterocycles. The highest BCUT2D eigenvalue weighted by atomic mass is 35.5. The van der Waals surface area contributed by atoms with Crippen LogP contribution in [0.4, 0.5) is 0 Å². The van der Waals surface area contributed by atoms with Crippen molar-refractivity contribution in [3.05, 3.63) is 28.8 Å². The summed E-state index contributed by atoms with van der Waals surface area (Å²) < 4.78 is 5.35. The summed E-state index contributed by atoms with van der Waals surface area (Å²) >= 11 is 6.01. The number of nitrogens with zero attached hydrogens (tertiary/aromatic N) is 1. The first-order chi connectivity index (χ1) is 7.58. The molecule has 16 heavy (non-hydrogen) atoms. The highest BCUT2D eigenvalue weighted by Crippen LogP contribution is 2.28. The molecule has 90 valence electrons. The fraction of sp³-hybridized carbons (Fsp3) is 0.500. The summed E-state index contributed by atoms with van der Waals surface area (Å²) in [6, 6.07) is 5.90. The van der Waals surface area contributed by atoms with Crippen LogP contribution in [0.3, 0.4) is 0 Å². The predicted molar refractivity (Wildman–Crippen MR) is 68.4 cm³/mol. The molecule has 1 N–H and O–H groups in total. The van der Waals surface area contributed by atoms with Crippen LogP contribution in [0.15, 0.2) is 18.2 Å². The van der Waals surface area contributed by atoms with Gasteiger partial charge in [-0.25, -0.2) is 0 Å². The number of rotatable bonds is 5. The minimum atomic E-state index is 0.212. The van der Waals surface area contributed by atoms with Crippen LogP contribution in [0.5, 0.6) is 5.75 Å². The maximum Gasteiger partial charge on any atom is 0.123 e. The SMILES string of the molecule is CNC(CN(C)C)c1cc(Cl)ccc1OC. The fourth-order valence-electron chi connectivity index (χ4n) is 1.69. The Balaban J connectivity index is 3.02. The minimum Gasteiger partial charge on any atom is -0.496 e. The van der Waals surface area contributed by atoms with Gasteiger partial charge < -0.3 is 15.0 Å². The number of halogens is 1. The summed E-state index contributed by atoms with van der Waals surface area (Å²) in [5.74, 6) is 0.866. The van der Waals surface area contributed by atoms with Crippen LogP contribution < -0.4 is 10.1 Å². The van der Waals surface area contributed by atoms with Crippen molar-refractivity contribution in [1.29, 1.82) is 0 Å². The zero-order valence-corrected chi connectivity index (χ0v) is 11.0. The lowest BCUT2D eigenvalue weighted by atomic mass is 10.1. The fourth-order valence-corrected chi connectivity index (χ4v) is 1.87. The van der Waals surface area contributed by atoms with E-state index in [1.807, 2.05) is 39.3 Å². The van der Waals surface area contributed by atoms with Crippen LogP contribution in [-0.4, -0.2) is 39.7 Å². The topological polar surface area (TPSA) is 24.5 Å². The number of ether oxygens (including phenoxy) is 1. The van der Waals surface area contributed by atoms with Gasteiger partial charge in [0.05, 0.1) is 7.11 Å². The molecular weight excluding hydrogens is 224 g/mol. The van der Waals surface area contributed by atoms with E-state index in [1.165, 1.54) is 0 Å². The standard InChI is InChI=1S/C12H19ClN2O/c1-14-11(8-15(2)3)10-7-9(13)5-6-12(10)16-4/h5-7,11,14H,8H2,1-4H3. The summed E-state index contributed by atoms with van der Waals surface area (Å²) in [5, 5.41) is 4.00. The van der Waals surface area contributed by atoms with Crippen molar-refractivity contribution in [2.45, 2.75) is 6.04 Å². The van der Waals surface area contributed by atoms with E-state index in [0.29, 0.717) is 0 Å². The summed E-state index contributed by atoms with van der Waals surface area (Å²) in [4.78, 5) is 2.13. The smallest absolute Gasteiger partial charge is 0.123 e. The van der Waals surface area contributed by atoms with Crippen molar-refractivity contribution in [1.82, 2.24) is 10.2 Å². The second-order valence-electron chi connectivity index (χ2n) is 3.99. The number of hydrogen-bond donors (Lipinski definition) is 1. The average molecular weight is 243 g/mol. The third kappa shape index (κ3) is 3.37. The van der Waals surface area contributed by atoms with E-state index in [4.69, 9.17) is 16.3 Å². The molecule has 0 fully saturated rings. The Morgan fingerprint density at radius 1 is 1.44 bits per heavy atom. The first kappa shape index (κ1) is 13.3. The summed E-state index contributed by atoms with van der Waals surface area (Å²) in [5.41, 5.74) is 1.09. The monoisotopic (exact) mass is 242 g/mol. The predicted octanol–water partition coefficient (Wildman–Crippen LogP) is 2.17. The van der Waals surface area contributed by atoms with Gasteiger partial charge in [0.1, 0.15) is 5.75 Å². The molecule has 0 heterocycles. The molecule has 0 amide bonds. The van der Waals surface area contributed by atoms with Gasteiger partial charge in [0.25, 0.3) is 0 Å². The molecule has 1 rings (SSSR count). The maximum atomic E-state index is 6.01. The van der Waals surface area contributed by atoms with E-state index in [9.17, 15) is 0 Å². The van der Waals surface area contributed by atoms with Crippen LogP contribution in [0, 0.1) is 0 Å². The molecule has 0 aliphatic rings. The Kier molecular flexibility index (Phi) is 5.06. The Labute approximate surface area is 102 Å². The van der Waals surface area contributed by atoms with Crippen molar-refractivity contribution < 1.29 is 4.74 Å². The van der Waals surface area contributed by atoms with Crippen LogP contribution in [0.2, 0.25) is 5.02 Å². The van der Waals surface area contributed by atoms with Gasteiger partial charge in [-0.15, -0.1) is 0 Å². The molecule has 0 bridgehead atoms. The molecule has 1 aromatic rings.